The first-order valence-corrected chi connectivity index (χ1v) is 18.0. The molecule has 0 radical (unpaired) electrons. The fourth-order valence-corrected chi connectivity index (χ4v) is 6.24. The normalized spacial score (nSPS) is 12.3. The van der Waals surface area contributed by atoms with Crippen LogP contribution in [0.2, 0.25) is 0 Å². The minimum Gasteiger partial charge on any atom is -0.481 e. The van der Waals surface area contributed by atoms with E-state index in [0.717, 1.165) is 15.5 Å². The Morgan fingerprint density at radius 1 is 0.962 bits per heavy atom. The maximum Gasteiger partial charge on any atom is 0.345 e. The van der Waals surface area contributed by atoms with E-state index in [4.69, 9.17) is 5.11 Å². The van der Waals surface area contributed by atoms with Gasteiger partial charge >= 0.3 is 12.0 Å². The maximum absolute atomic E-state index is 14.0. The fraction of sp³-hybridized carbons (Fsp3) is 0.342. The van der Waals surface area contributed by atoms with Gasteiger partial charge in [0, 0.05) is 60.9 Å². The van der Waals surface area contributed by atoms with Crippen molar-refractivity contribution in [1.29, 1.82) is 0 Å². The summed E-state index contributed by atoms with van der Waals surface area (Å²) < 4.78 is 1.28. The predicted octanol–water partition coefficient (Wildman–Crippen LogP) is 5.45. The zero-order valence-electron chi connectivity index (χ0n) is 29.8. The molecule has 4 aromatic rings. The van der Waals surface area contributed by atoms with Gasteiger partial charge in [0.05, 0.1) is 22.5 Å². The zero-order chi connectivity index (χ0) is 37.6. The Kier molecular flexibility index (Phi) is 14.5. The van der Waals surface area contributed by atoms with Crippen molar-refractivity contribution in [2.75, 3.05) is 20.6 Å². The van der Waals surface area contributed by atoms with Crippen LogP contribution in [0.4, 0.5) is 4.79 Å². The lowest BCUT2D eigenvalue weighted by molar-refractivity contribution is -0.137. The highest BCUT2D eigenvalue weighted by Gasteiger charge is 2.27. The summed E-state index contributed by atoms with van der Waals surface area (Å²) in [4.78, 5) is 69.9. The molecular formula is C38H45N7O6S. The molecule has 52 heavy (non-hydrogen) atoms. The van der Waals surface area contributed by atoms with Crippen molar-refractivity contribution in [3.8, 4) is 0 Å². The number of fused-ring (bicyclic) bond motifs is 1. The molecule has 2 aromatic heterocycles. The van der Waals surface area contributed by atoms with Crippen LogP contribution in [-0.4, -0.2) is 87.2 Å². The van der Waals surface area contributed by atoms with E-state index < -0.39 is 18.0 Å². The topological polar surface area (TPSA) is 176 Å². The van der Waals surface area contributed by atoms with Crippen molar-refractivity contribution < 1.29 is 29.1 Å². The minimum absolute atomic E-state index is 0.116. The van der Waals surface area contributed by atoms with Gasteiger partial charge in [0.15, 0.2) is 0 Å². The molecule has 0 aliphatic carbocycles. The van der Waals surface area contributed by atoms with E-state index >= 15 is 0 Å². The summed E-state index contributed by atoms with van der Waals surface area (Å²) in [6.45, 7) is 3.89. The van der Waals surface area contributed by atoms with E-state index in [2.05, 4.69) is 26.0 Å². The van der Waals surface area contributed by atoms with Gasteiger partial charge in [-0.05, 0) is 87.7 Å². The third-order valence-electron chi connectivity index (χ3n) is 8.39. The number of carbonyl (C=O) groups is 5. The lowest BCUT2D eigenvalue weighted by Gasteiger charge is -2.25. The van der Waals surface area contributed by atoms with E-state index in [1.165, 1.54) is 28.4 Å². The SMILES string of the molecule is CNC(=O)c1ccccc1Sc1ccc2c(/C=C/c3ccccn3)nn(C(=O)N(C)[C@@H](C)C(=O)N[C@@H](C)CCC(=O)NCCCCCC(=O)O)c2c1. The molecule has 2 atom stereocenters. The highest BCUT2D eigenvalue weighted by Crippen LogP contribution is 2.34. The van der Waals surface area contributed by atoms with Crippen molar-refractivity contribution in [3.05, 3.63) is 83.8 Å². The Hall–Kier alpha value is -5.50. The number of carboxylic acid groups (broad SMARTS) is 1. The Morgan fingerprint density at radius 2 is 1.73 bits per heavy atom. The van der Waals surface area contributed by atoms with Crippen LogP contribution in [0, 0.1) is 0 Å². The molecular weight excluding hydrogens is 683 g/mol. The molecule has 0 unspecified atom stereocenters. The second kappa shape index (κ2) is 19.2. The molecule has 274 valence electrons. The van der Waals surface area contributed by atoms with Crippen LogP contribution in [-0.2, 0) is 14.4 Å². The number of pyridine rings is 1. The smallest absolute Gasteiger partial charge is 0.345 e. The Morgan fingerprint density at radius 3 is 2.46 bits per heavy atom. The Bertz CT molecular complexity index is 1910. The van der Waals surface area contributed by atoms with Crippen molar-refractivity contribution in [2.24, 2.45) is 0 Å². The summed E-state index contributed by atoms with van der Waals surface area (Å²) in [5.41, 5.74) is 2.30. The van der Waals surface area contributed by atoms with Crippen LogP contribution in [0.1, 0.15) is 74.1 Å². The molecule has 0 aliphatic heterocycles. The van der Waals surface area contributed by atoms with Crippen molar-refractivity contribution in [1.82, 2.24) is 35.6 Å². The summed E-state index contributed by atoms with van der Waals surface area (Å²) in [7, 11) is 3.12. The molecule has 13 nitrogen and oxygen atoms in total. The number of carbonyl (C=O) groups excluding carboxylic acids is 4. The average molecular weight is 728 g/mol. The molecule has 14 heteroatoms. The van der Waals surface area contributed by atoms with Crippen molar-refractivity contribution in [2.45, 2.75) is 74.2 Å². The number of amides is 4. The van der Waals surface area contributed by atoms with Gasteiger partial charge in [-0.25, -0.2) is 4.79 Å². The monoisotopic (exact) mass is 727 g/mol. The van der Waals surface area contributed by atoms with E-state index in [1.807, 2.05) is 54.6 Å². The van der Waals surface area contributed by atoms with E-state index in [1.54, 1.807) is 45.3 Å². The first-order chi connectivity index (χ1) is 25.0. The second-order valence-corrected chi connectivity index (χ2v) is 13.4. The maximum atomic E-state index is 14.0. The van der Waals surface area contributed by atoms with Crippen LogP contribution in [0.3, 0.4) is 0 Å². The second-order valence-electron chi connectivity index (χ2n) is 12.3. The molecule has 0 aliphatic rings. The van der Waals surface area contributed by atoms with Crippen LogP contribution >= 0.6 is 11.8 Å². The molecule has 0 spiro atoms. The highest BCUT2D eigenvalue weighted by atomic mass is 32.2. The fourth-order valence-electron chi connectivity index (χ4n) is 5.26. The number of rotatable bonds is 17. The Labute approximate surface area is 307 Å². The van der Waals surface area contributed by atoms with Crippen LogP contribution in [0.5, 0.6) is 0 Å². The Balaban J connectivity index is 1.47. The average Bonchev–Trinajstić information content (AvgIpc) is 3.51. The zero-order valence-corrected chi connectivity index (χ0v) is 30.6. The molecule has 2 aromatic carbocycles. The van der Waals surface area contributed by atoms with Crippen LogP contribution < -0.4 is 16.0 Å². The quantitative estimate of drug-likeness (QED) is 0.103. The van der Waals surface area contributed by atoms with E-state index in [-0.39, 0.29) is 36.6 Å². The first kappa shape index (κ1) is 39.3. The summed E-state index contributed by atoms with van der Waals surface area (Å²) in [6.07, 6.45) is 7.99. The lowest BCUT2D eigenvalue weighted by Crippen LogP contribution is -2.49. The summed E-state index contributed by atoms with van der Waals surface area (Å²) in [5, 5.41) is 22.5. The van der Waals surface area contributed by atoms with Gasteiger partial charge in [0.25, 0.3) is 5.91 Å². The van der Waals surface area contributed by atoms with Gasteiger partial charge in [0.1, 0.15) is 6.04 Å². The van der Waals surface area contributed by atoms with Crippen LogP contribution in [0.25, 0.3) is 23.1 Å². The van der Waals surface area contributed by atoms with Gasteiger partial charge in [-0.1, -0.05) is 36.4 Å². The molecule has 2 heterocycles. The summed E-state index contributed by atoms with van der Waals surface area (Å²) in [5.74, 6) is -1.56. The molecule has 4 amide bonds. The number of likely N-dealkylation sites (N-methyl/N-ethyl adjacent to an activating group) is 1. The number of unbranched alkanes of at least 4 members (excludes halogenated alkanes) is 2. The number of nitrogens with one attached hydrogen (secondary N) is 3. The van der Waals surface area contributed by atoms with E-state index in [0.29, 0.717) is 54.4 Å². The number of nitrogens with zero attached hydrogens (tertiary/aromatic N) is 4. The predicted molar refractivity (Wildman–Crippen MR) is 201 cm³/mol. The molecule has 0 bridgehead atoms. The van der Waals surface area contributed by atoms with Gasteiger partial charge in [-0.15, -0.1) is 0 Å². The molecule has 0 fully saturated rings. The van der Waals surface area contributed by atoms with Gasteiger partial charge in [-0.2, -0.15) is 9.78 Å². The lowest BCUT2D eigenvalue weighted by atomic mass is 10.1. The number of aromatic nitrogens is 3. The molecule has 4 N–H and O–H groups in total. The summed E-state index contributed by atoms with van der Waals surface area (Å²) in [6, 6.07) is 16.7. The summed E-state index contributed by atoms with van der Waals surface area (Å²) >= 11 is 1.39. The highest BCUT2D eigenvalue weighted by molar-refractivity contribution is 7.99. The number of carboxylic acids is 1. The van der Waals surface area contributed by atoms with Crippen molar-refractivity contribution >= 4 is 64.5 Å². The number of aliphatic carboxylic acids is 1. The third kappa shape index (κ3) is 11.0. The number of hydrogen-bond acceptors (Lipinski definition) is 8. The molecule has 0 saturated carbocycles. The number of hydrogen-bond donors (Lipinski definition) is 4. The number of benzene rings is 2. The van der Waals surface area contributed by atoms with Gasteiger partial charge in [-0.3, -0.25) is 24.2 Å². The third-order valence-corrected chi connectivity index (χ3v) is 9.46. The minimum atomic E-state index is -0.863. The first-order valence-electron chi connectivity index (χ1n) is 17.1. The standard InChI is InChI=1S/C38H45N7O6S/c1-25(16-21-34(46)41-23-10-5-6-15-35(47)48)42-36(49)26(2)44(4)38(51)45-32-24-28(52-33-14-8-7-13-30(33)37(50)39-3)18-19-29(32)31(43-45)20-17-27-12-9-11-22-40-27/h7-9,11-14,17-20,22,24-26H,5-6,10,15-16,21,23H2,1-4H3,(H,39,50)(H,41,46)(H,42,49)(H,47,48)/b20-17+/t25-,26-/m0/s1. The molecule has 0 saturated heterocycles. The van der Waals surface area contributed by atoms with Crippen LogP contribution in [0.15, 0.2) is 76.7 Å². The largest absolute Gasteiger partial charge is 0.481 e. The van der Waals surface area contributed by atoms with E-state index in [9.17, 15) is 24.0 Å². The van der Waals surface area contributed by atoms with Crippen molar-refractivity contribution in [3.63, 3.8) is 0 Å². The van der Waals surface area contributed by atoms with Gasteiger partial charge < -0.3 is 26.0 Å². The molecule has 4 rings (SSSR count). The van der Waals surface area contributed by atoms with Gasteiger partial charge in [0.2, 0.25) is 11.8 Å².